The lowest BCUT2D eigenvalue weighted by Crippen LogP contribution is -2.41. The minimum absolute atomic E-state index is 0.164. The minimum Gasteiger partial charge on any atom is -0.267 e. The molecule has 0 saturated heterocycles. The van der Waals surface area contributed by atoms with Gasteiger partial charge in [-0.1, -0.05) is 23.2 Å². The van der Waals surface area contributed by atoms with E-state index >= 15 is 0 Å². The second-order valence-electron chi connectivity index (χ2n) is 3.92. The zero-order valence-electron chi connectivity index (χ0n) is 10.4. The summed E-state index contributed by atoms with van der Waals surface area (Å²) in [6.45, 7) is 0. The van der Waals surface area contributed by atoms with Gasteiger partial charge in [-0.05, 0) is 40.2 Å². The molecule has 0 unspecified atom stereocenters. The van der Waals surface area contributed by atoms with Crippen LogP contribution in [0.3, 0.4) is 0 Å². The van der Waals surface area contributed by atoms with E-state index in [2.05, 4.69) is 31.8 Å². The summed E-state index contributed by atoms with van der Waals surface area (Å²) in [5.41, 5.74) is 4.99. The van der Waals surface area contributed by atoms with Gasteiger partial charge in [-0.3, -0.25) is 25.4 Å². The second-order valence-corrected chi connectivity index (χ2v) is 5.68. The largest absolute Gasteiger partial charge is 0.271 e. The predicted octanol–water partition coefficient (Wildman–Crippen LogP) is 3.23. The molecule has 8 heteroatoms. The molecule has 0 fully saturated rings. The summed E-state index contributed by atoms with van der Waals surface area (Å²) in [6.07, 6.45) is 2.92. The molecular weight excluding hydrogens is 381 g/mol. The number of nitrogens with one attached hydrogen (secondary N) is 2. The molecule has 1 aromatic carbocycles. The van der Waals surface area contributed by atoms with Crippen molar-refractivity contribution >= 4 is 50.9 Å². The third-order valence-electron chi connectivity index (χ3n) is 2.43. The number of aromatic nitrogens is 1. The van der Waals surface area contributed by atoms with Crippen LogP contribution < -0.4 is 10.9 Å². The monoisotopic (exact) mass is 387 g/mol. The van der Waals surface area contributed by atoms with Crippen molar-refractivity contribution < 1.29 is 9.59 Å². The molecule has 0 radical (unpaired) electrons. The molecule has 21 heavy (non-hydrogen) atoms. The number of carbonyl (C=O) groups is 2. The van der Waals surface area contributed by atoms with Gasteiger partial charge in [0.15, 0.2) is 0 Å². The Morgan fingerprint density at radius 1 is 1.05 bits per heavy atom. The highest BCUT2D eigenvalue weighted by Crippen LogP contribution is 2.20. The zero-order valence-corrected chi connectivity index (χ0v) is 13.5. The Hall–Kier alpha value is -1.63. The maximum absolute atomic E-state index is 11.9. The van der Waals surface area contributed by atoms with E-state index < -0.39 is 11.8 Å². The normalized spacial score (nSPS) is 10.0. The first-order chi connectivity index (χ1) is 9.97. The first-order valence-electron chi connectivity index (χ1n) is 5.63. The standard InChI is InChI=1S/C13H8BrCl2N3O2/c14-8-3-7(5-17-6-8)12(20)18-19-13(21)10-4-9(15)1-2-11(10)16/h1-6H,(H,18,20)(H,19,21). The number of hydrogen-bond acceptors (Lipinski definition) is 3. The Labute approximate surface area is 138 Å². The van der Waals surface area contributed by atoms with Gasteiger partial charge in [0, 0.05) is 21.9 Å². The lowest BCUT2D eigenvalue weighted by molar-refractivity contribution is 0.0846. The third-order valence-corrected chi connectivity index (χ3v) is 3.43. The molecule has 0 aliphatic rings. The van der Waals surface area contributed by atoms with Crippen LogP contribution in [-0.4, -0.2) is 16.8 Å². The van der Waals surface area contributed by atoms with Crippen LogP contribution in [0.2, 0.25) is 10.0 Å². The van der Waals surface area contributed by atoms with Gasteiger partial charge in [0.05, 0.1) is 16.1 Å². The van der Waals surface area contributed by atoms with Crippen molar-refractivity contribution in [2.45, 2.75) is 0 Å². The van der Waals surface area contributed by atoms with E-state index in [1.807, 2.05) is 0 Å². The molecule has 108 valence electrons. The van der Waals surface area contributed by atoms with Crippen molar-refractivity contribution in [1.82, 2.24) is 15.8 Å². The average molecular weight is 389 g/mol. The highest BCUT2D eigenvalue weighted by atomic mass is 79.9. The number of pyridine rings is 1. The van der Waals surface area contributed by atoms with E-state index in [1.54, 1.807) is 18.3 Å². The van der Waals surface area contributed by atoms with Gasteiger partial charge in [-0.2, -0.15) is 0 Å². The SMILES string of the molecule is O=C(NNC(=O)c1cc(Cl)ccc1Cl)c1cncc(Br)c1. The fourth-order valence-corrected chi connectivity index (χ4v) is 2.20. The first-order valence-corrected chi connectivity index (χ1v) is 7.18. The lowest BCUT2D eigenvalue weighted by Gasteiger charge is -2.08. The molecule has 2 rings (SSSR count). The molecule has 1 heterocycles. The second kappa shape index (κ2) is 6.89. The molecule has 0 aliphatic carbocycles. The fourth-order valence-electron chi connectivity index (χ4n) is 1.46. The summed E-state index contributed by atoms with van der Waals surface area (Å²) in [5.74, 6) is -1.07. The van der Waals surface area contributed by atoms with Gasteiger partial charge in [-0.25, -0.2) is 0 Å². The van der Waals surface area contributed by atoms with Crippen LogP contribution in [0.25, 0.3) is 0 Å². The molecule has 0 bridgehead atoms. The summed E-state index contributed by atoms with van der Waals surface area (Å²) in [6, 6.07) is 6.04. The summed E-state index contributed by atoms with van der Waals surface area (Å²) in [5, 5.41) is 0.599. The van der Waals surface area contributed by atoms with E-state index in [4.69, 9.17) is 23.2 Å². The number of benzene rings is 1. The molecule has 0 atom stereocenters. The summed E-state index contributed by atoms with van der Waals surface area (Å²) < 4.78 is 0.652. The lowest BCUT2D eigenvalue weighted by atomic mass is 10.2. The number of rotatable bonds is 2. The Morgan fingerprint density at radius 2 is 1.76 bits per heavy atom. The molecular formula is C13H8BrCl2N3O2. The van der Waals surface area contributed by atoms with E-state index in [0.29, 0.717) is 15.1 Å². The number of nitrogens with zero attached hydrogens (tertiary/aromatic N) is 1. The molecule has 0 spiro atoms. The Morgan fingerprint density at radius 3 is 2.48 bits per heavy atom. The van der Waals surface area contributed by atoms with Crippen LogP contribution >= 0.6 is 39.1 Å². The van der Waals surface area contributed by atoms with Gasteiger partial charge in [0.2, 0.25) is 0 Å². The Bertz CT molecular complexity index is 710. The van der Waals surface area contributed by atoms with Crippen molar-refractivity contribution in [2.75, 3.05) is 0 Å². The summed E-state index contributed by atoms with van der Waals surface area (Å²) in [4.78, 5) is 27.6. The molecule has 0 saturated carbocycles. The van der Waals surface area contributed by atoms with Gasteiger partial charge >= 0.3 is 0 Å². The third kappa shape index (κ3) is 4.17. The molecule has 0 aliphatic heterocycles. The number of hydrogen-bond donors (Lipinski definition) is 2. The number of amides is 2. The van der Waals surface area contributed by atoms with Crippen LogP contribution in [0.15, 0.2) is 41.1 Å². The van der Waals surface area contributed by atoms with E-state index in [9.17, 15) is 9.59 Å². The minimum atomic E-state index is -0.571. The molecule has 2 amide bonds. The molecule has 2 N–H and O–H groups in total. The van der Waals surface area contributed by atoms with Gasteiger partial charge < -0.3 is 0 Å². The van der Waals surface area contributed by atoms with Crippen LogP contribution in [0.1, 0.15) is 20.7 Å². The molecule has 2 aromatic rings. The predicted molar refractivity (Wildman–Crippen MR) is 83.3 cm³/mol. The average Bonchev–Trinajstić information content (AvgIpc) is 2.47. The maximum Gasteiger partial charge on any atom is 0.271 e. The zero-order chi connectivity index (χ0) is 15.4. The summed E-state index contributed by atoms with van der Waals surface area (Å²) in [7, 11) is 0. The van der Waals surface area contributed by atoms with Crippen LogP contribution in [0, 0.1) is 0 Å². The Kier molecular flexibility index (Phi) is 5.17. The van der Waals surface area contributed by atoms with Crippen molar-refractivity contribution in [1.29, 1.82) is 0 Å². The number of hydrazine groups is 1. The van der Waals surface area contributed by atoms with E-state index in [-0.39, 0.29) is 10.6 Å². The highest BCUT2D eigenvalue weighted by molar-refractivity contribution is 9.10. The topological polar surface area (TPSA) is 71.1 Å². The number of halogens is 3. The van der Waals surface area contributed by atoms with Crippen LogP contribution in [0.4, 0.5) is 0 Å². The van der Waals surface area contributed by atoms with Gasteiger partial charge in [-0.15, -0.1) is 0 Å². The van der Waals surface area contributed by atoms with Crippen molar-refractivity contribution in [3.8, 4) is 0 Å². The van der Waals surface area contributed by atoms with Crippen LogP contribution in [0.5, 0.6) is 0 Å². The smallest absolute Gasteiger partial charge is 0.267 e. The van der Waals surface area contributed by atoms with Crippen molar-refractivity contribution in [2.24, 2.45) is 0 Å². The van der Waals surface area contributed by atoms with Crippen LogP contribution in [-0.2, 0) is 0 Å². The highest BCUT2D eigenvalue weighted by Gasteiger charge is 2.13. The van der Waals surface area contributed by atoms with E-state index in [1.165, 1.54) is 18.3 Å². The van der Waals surface area contributed by atoms with Gasteiger partial charge in [0.1, 0.15) is 0 Å². The molecule has 1 aromatic heterocycles. The molecule has 5 nitrogen and oxygen atoms in total. The fraction of sp³-hybridized carbons (Fsp3) is 0. The number of carbonyl (C=O) groups excluding carboxylic acids is 2. The van der Waals surface area contributed by atoms with Gasteiger partial charge in [0.25, 0.3) is 11.8 Å². The van der Waals surface area contributed by atoms with Crippen molar-refractivity contribution in [3.05, 3.63) is 62.3 Å². The summed E-state index contributed by atoms with van der Waals surface area (Å²) >= 11 is 14.9. The van der Waals surface area contributed by atoms with Crippen molar-refractivity contribution in [3.63, 3.8) is 0 Å². The first kappa shape index (κ1) is 15.8. The maximum atomic E-state index is 11.9. The van der Waals surface area contributed by atoms with E-state index in [0.717, 1.165) is 0 Å². The Balaban J connectivity index is 2.04. The quantitative estimate of drug-likeness (QED) is 0.776.